The third-order valence-corrected chi connectivity index (χ3v) is 6.62. The van der Waals surface area contributed by atoms with Gasteiger partial charge >= 0.3 is 6.03 Å². The second kappa shape index (κ2) is 8.34. The third-order valence-electron chi connectivity index (χ3n) is 6.62. The van der Waals surface area contributed by atoms with Crippen molar-refractivity contribution in [1.29, 1.82) is 0 Å². The highest BCUT2D eigenvalue weighted by atomic mass is 19.1. The number of anilines is 1. The van der Waals surface area contributed by atoms with Crippen molar-refractivity contribution in [3.8, 4) is 0 Å². The molecule has 1 aromatic rings. The molecule has 0 heterocycles. The summed E-state index contributed by atoms with van der Waals surface area (Å²) < 4.78 is 12.9. The van der Waals surface area contributed by atoms with Crippen LogP contribution in [-0.2, 0) is 9.59 Å². The monoisotopic (exact) mass is 416 g/mol. The molecule has 4 aliphatic carbocycles. The summed E-state index contributed by atoms with van der Waals surface area (Å²) in [6.07, 6.45) is 6.91. The SMILES string of the molecule is CN(CC(=O)NC(=O)NC12CC3CC(CC(C3)C1)C2)CC(=O)Nc1ccc(F)cc1. The molecular weight excluding hydrogens is 387 g/mol. The Morgan fingerprint density at radius 2 is 1.50 bits per heavy atom. The van der Waals surface area contributed by atoms with Crippen molar-refractivity contribution in [3.05, 3.63) is 30.1 Å². The van der Waals surface area contributed by atoms with E-state index in [2.05, 4.69) is 16.0 Å². The molecule has 0 unspecified atom stereocenters. The smallest absolute Gasteiger partial charge is 0.321 e. The topological polar surface area (TPSA) is 90.5 Å². The summed E-state index contributed by atoms with van der Waals surface area (Å²) >= 11 is 0. The van der Waals surface area contributed by atoms with Crippen molar-refractivity contribution >= 4 is 23.5 Å². The Labute approximate surface area is 175 Å². The largest absolute Gasteiger partial charge is 0.332 e. The van der Waals surface area contributed by atoms with Crippen molar-refractivity contribution in [1.82, 2.24) is 15.5 Å². The van der Waals surface area contributed by atoms with Gasteiger partial charge in [0.05, 0.1) is 13.1 Å². The first-order valence-electron chi connectivity index (χ1n) is 10.6. The zero-order valence-corrected chi connectivity index (χ0v) is 17.2. The summed E-state index contributed by atoms with van der Waals surface area (Å²) in [5.41, 5.74) is 0.328. The fraction of sp³-hybridized carbons (Fsp3) is 0.591. The normalized spacial score (nSPS) is 29.0. The van der Waals surface area contributed by atoms with Gasteiger partial charge in [0.2, 0.25) is 11.8 Å². The maximum absolute atomic E-state index is 12.9. The minimum absolute atomic E-state index is 0.0264. The Hall–Kier alpha value is -2.48. The number of imide groups is 1. The molecule has 30 heavy (non-hydrogen) atoms. The van der Waals surface area contributed by atoms with Crippen LogP contribution in [0, 0.1) is 23.6 Å². The Bertz CT molecular complexity index is 791. The zero-order valence-electron chi connectivity index (χ0n) is 17.2. The molecule has 7 nitrogen and oxygen atoms in total. The van der Waals surface area contributed by atoms with Gasteiger partial charge in [0.25, 0.3) is 0 Å². The Morgan fingerprint density at radius 1 is 0.967 bits per heavy atom. The molecule has 0 aromatic heterocycles. The number of halogens is 1. The lowest BCUT2D eigenvalue weighted by molar-refractivity contribution is -0.122. The first kappa shape index (κ1) is 20.8. The molecule has 162 valence electrons. The maximum Gasteiger partial charge on any atom is 0.321 e. The van der Waals surface area contributed by atoms with E-state index in [0.29, 0.717) is 23.4 Å². The number of likely N-dealkylation sites (N-methyl/N-ethyl adjacent to an activating group) is 1. The van der Waals surface area contributed by atoms with Crippen LogP contribution in [0.2, 0.25) is 0 Å². The molecule has 0 spiro atoms. The van der Waals surface area contributed by atoms with Crippen LogP contribution < -0.4 is 16.0 Å². The molecule has 0 aliphatic heterocycles. The van der Waals surface area contributed by atoms with Gasteiger partial charge in [-0.1, -0.05) is 0 Å². The second-order valence-corrected chi connectivity index (χ2v) is 9.43. The maximum atomic E-state index is 12.9. The predicted molar refractivity (Wildman–Crippen MR) is 110 cm³/mol. The lowest BCUT2D eigenvalue weighted by Crippen LogP contribution is -2.62. The number of rotatable bonds is 6. The summed E-state index contributed by atoms with van der Waals surface area (Å²) in [5, 5.41) is 8.16. The van der Waals surface area contributed by atoms with Crippen LogP contribution in [0.1, 0.15) is 38.5 Å². The van der Waals surface area contributed by atoms with E-state index in [1.807, 2.05) is 0 Å². The molecule has 1 aromatic carbocycles. The van der Waals surface area contributed by atoms with E-state index in [1.54, 1.807) is 7.05 Å². The second-order valence-electron chi connectivity index (χ2n) is 9.43. The fourth-order valence-corrected chi connectivity index (χ4v) is 5.98. The van der Waals surface area contributed by atoms with Crippen LogP contribution in [0.5, 0.6) is 0 Å². The molecule has 0 saturated heterocycles. The van der Waals surface area contributed by atoms with E-state index < -0.39 is 11.9 Å². The number of urea groups is 1. The molecular formula is C22H29FN4O3. The fourth-order valence-electron chi connectivity index (χ4n) is 5.98. The Kier molecular flexibility index (Phi) is 5.77. The molecule has 4 aliphatic rings. The molecule has 4 bridgehead atoms. The summed E-state index contributed by atoms with van der Waals surface area (Å²) in [6.45, 7) is -0.105. The van der Waals surface area contributed by atoms with Crippen LogP contribution in [0.3, 0.4) is 0 Å². The van der Waals surface area contributed by atoms with Gasteiger partial charge in [0, 0.05) is 11.2 Å². The van der Waals surface area contributed by atoms with Crippen molar-refractivity contribution < 1.29 is 18.8 Å². The number of hydrogen-bond acceptors (Lipinski definition) is 4. The minimum atomic E-state index is -0.450. The summed E-state index contributed by atoms with van der Waals surface area (Å²) in [4.78, 5) is 38.3. The van der Waals surface area contributed by atoms with Crippen LogP contribution in [0.4, 0.5) is 14.9 Å². The standard InChI is InChI=1S/C22H29FN4O3/c1-27(12-19(28)24-18-4-2-17(23)3-5-18)13-20(29)25-21(30)26-22-9-14-6-15(10-22)8-16(7-14)11-22/h2-5,14-16H,6-13H2,1H3,(H,24,28)(H2,25,26,29,30). The van der Waals surface area contributed by atoms with E-state index in [1.165, 1.54) is 48.4 Å². The Balaban J connectivity index is 1.20. The predicted octanol–water partition coefficient (Wildman–Crippen LogP) is 2.49. The number of benzene rings is 1. The van der Waals surface area contributed by atoms with Crippen molar-refractivity contribution in [2.45, 2.75) is 44.1 Å². The number of nitrogens with one attached hydrogen (secondary N) is 3. The summed E-state index contributed by atoms with van der Waals surface area (Å²) in [5.74, 6) is 0.965. The number of hydrogen-bond donors (Lipinski definition) is 3. The van der Waals surface area contributed by atoms with Gasteiger partial charge in [0.15, 0.2) is 0 Å². The highest BCUT2D eigenvalue weighted by Gasteiger charge is 2.51. The van der Waals surface area contributed by atoms with Gasteiger partial charge in [-0.2, -0.15) is 0 Å². The van der Waals surface area contributed by atoms with Gasteiger partial charge < -0.3 is 10.6 Å². The third kappa shape index (κ3) is 4.98. The highest BCUT2D eigenvalue weighted by molar-refractivity contribution is 5.96. The minimum Gasteiger partial charge on any atom is -0.332 e. The molecule has 0 radical (unpaired) electrons. The van der Waals surface area contributed by atoms with Gasteiger partial charge in [-0.25, -0.2) is 9.18 Å². The number of amides is 4. The Morgan fingerprint density at radius 3 is 2.07 bits per heavy atom. The molecule has 4 saturated carbocycles. The molecule has 8 heteroatoms. The van der Waals surface area contributed by atoms with E-state index in [-0.39, 0.29) is 30.4 Å². The summed E-state index contributed by atoms with van der Waals surface area (Å²) in [6, 6.07) is 5.01. The zero-order chi connectivity index (χ0) is 21.3. The van der Waals surface area contributed by atoms with Crippen LogP contribution in [-0.4, -0.2) is 48.4 Å². The lowest BCUT2D eigenvalue weighted by Gasteiger charge is -2.56. The molecule has 4 amide bonds. The van der Waals surface area contributed by atoms with E-state index in [4.69, 9.17) is 0 Å². The van der Waals surface area contributed by atoms with Crippen molar-refractivity contribution in [2.24, 2.45) is 17.8 Å². The molecule has 4 fully saturated rings. The van der Waals surface area contributed by atoms with Gasteiger partial charge in [-0.05, 0) is 87.6 Å². The van der Waals surface area contributed by atoms with Crippen molar-refractivity contribution in [2.75, 3.05) is 25.5 Å². The summed E-state index contributed by atoms with van der Waals surface area (Å²) in [7, 11) is 1.63. The first-order valence-corrected chi connectivity index (χ1v) is 10.6. The van der Waals surface area contributed by atoms with Crippen LogP contribution >= 0.6 is 0 Å². The molecule has 5 rings (SSSR count). The van der Waals surface area contributed by atoms with Gasteiger partial charge in [-0.3, -0.25) is 19.8 Å². The highest BCUT2D eigenvalue weighted by Crippen LogP contribution is 2.55. The number of carbonyl (C=O) groups excluding carboxylic acids is 3. The first-order chi connectivity index (χ1) is 14.3. The number of nitrogens with zero attached hydrogens (tertiary/aromatic N) is 1. The quantitative estimate of drug-likeness (QED) is 0.665. The van der Waals surface area contributed by atoms with Gasteiger partial charge in [0.1, 0.15) is 5.82 Å². The lowest BCUT2D eigenvalue weighted by atomic mass is 9.53. The van der Waals surface area contributed by atoms with Gasteiger partial charge in [-0.15, -0.1) is 0 Å². The molecule has 0 atom stereocenters. The van der Waals surface area contributed by atoms with Crippen molar-refractivity contribution in [3.63, 3.8) is 0 Å². The van der Waals surface area contributed by atoms with E-state index in [0.717, 1.165) is 19.3 Å². The molecule has 3 N–H and O–H groups in total. The average Bonchev–Trinajstić information content (AvgIpc) is 2.61. The van der Waals surface area contributed by atoms with Crippen LogP contribution in [0.25, 0.3) is 0 Å². The van der Waals surface area contributed by atoms with Crippen LogP contribution in [0.15, 0.2) is 24.3 Å². The average molecular weight is 416 g/mol. The number of carbonyl (C=O) groups is 3. The van der Waals surface area contributed by atoms with E-state index in [9.17, 15) is 18.8 Å². The van der Waals surface area contributed by atoms with E-state index >= 15 is 0 Å².